The van der Waals surface area contributed by atoms with Crippen molar-refractivity contribution < 1.29 is 17.9 Å². The van der Waals surface area contributed by atoms with Gasteiger partial charge in [-0.05, 0) is 37.5 Å². The van der Waals surface area contributed by atoms with Crippen LogP contribution in [-0.4, -0.2) is 40.4 Å². The van der Waals surface area contributed by atoms with Crippen LogP contribution in [0.5, 0.6) is 5.75 Å². The van der Waals surface area contributed by atoms with Gasteiger partial charge in [0, 0.05) is 20.0 Å². The van der Waals surface area contributed by atoms with Crippen LogP contribution in [0.15, 0.2) is 29.3 Å². The topological polar surface area (TPSA) is 76.4 Å². The van der Waals surface area contributed by atoms with E-state index >= 15 is 0 Å². The summed E-state index contributed by atoms with van der Waals surface area (Å²) < 4.78 is 46.7. The number of hydrogen-bond donors (Lipinski definition) is 2. The Morgan fingerprint density at radius 3 is 2.81 bits per heavy atom. The highest BCUT2D eigenvalue weighted by Crippen LogP contribution is 2.31. The molecule has 31 heavy (non-hydrogen) atoms. The zero-order chi connectivity index (χ0) is 22.3. The molecule has 7 nitrogen and oxygen atoms in total. The second-order valence-electron chi connectivity index (χ2n) is 7.48. The molecule has 0 saturated carbocycles. The SMILES string of the molecule is CCC(CNC(=NC)NCc1nnc2n1CCCCC2)Oc1cccc(C(F)(F)F)c1. The number of alkyl halides is 3. The van der Waals surface area contributed by atoms with E-state index in [1.165, 1.54) is 18.6 Å². The van der Waals surface area contributed by atoms with Crippen LogP contribution in [-0.2, 0) is 25.7 Å². The number of aromatic nitrogens is 3. The molecule has 2 aromatic rings. The van der Waals surface area contributed by atoms with E-state index in [2.05, 4.69) is 30.4 Å². The first-order valence-electron chi connectivity index (χ1n) is 10.6. The number of guanidine groups is 1. The first-order valence-corrected chi connectivity index (χ1v) is 10.6. The van der Waals surface area contributed by atoms with Crippen LogP contribution in [0.4, 0.5) is 13.2 Å². The van der Waals surface area contributed by atoms with Crippen LogP contribution in [0, 0.1) is 0 Å². The lowest BCUT2D eigenvalue weighted by atomic mass is 10.2. The summed E-state index contributed by atoms with van der Waals surface area (Å²) in [6, 6.07) is 4.93. The van der Waals surface area contributed by atoms with E-state index in [0.717, 1.165) is 49.6 Å². The van der Waals surface area contributed by atoms with Crippen molar-refractivity contribution in [3.63, 3.8) is 0 Å². The number of benzene rings is 1. The fourth-order valence-electron chi connectivity index (χ4n) is 3.48. The average Bonchev–Trinajstić information content (AvgIpc) is 2.98. The van der Waals surface area contributed by atoms with Gasteiger partial charge in [-0.1, -0.05) is 19.4 Å². The van der Waals surface area contributed by atoms with Crippen molar-refractivity contribution in [2.24, 2.45) is 4.99 Å². The Morgan fingerprint density at radius 2 is 2.06 bits per heavy atom. The van der Waals surface area contributed by atoms with Crippen LogP contribution >= 0.6 is 0 Å². The number of nitrogens with zero attached hydrogens (tertiary/aromatic N) is 4. The van der Waals surface area contributed by atoms with Gasteiger partial charge < -0.3 is 19.9 Å². The average molecular weight is 438 g/mol. The van der Waals surface area contributed by atoms with Crippen molar-refractivity contribution in [2.45, 2.75) is 64.4 Å². The number of fused-ring (bicyclic) bond motifs is 1. The van der Waals surface area contributed by atoms with Crippen molar-refractivity contribution in [1.82, 2.24) is 25.4 Å². The number of aryl methyl sites for hydroxylation is 1. The van der Waals surface area contributed by atoms with Gasteiger partial charge in [-0.15, -0.1) is 10.2 Å². The third-order valence-electron chi connectivity index (χ3n) is 5.24. The minimum absolute atomic E-state index is 0.192. The Kier molecular flexibility index (Phi) is 7.75. The summed E-state index contributed by atoms with van der Waals surface area (Å²) in [6.07, 6.45) is 0.318. The standard InChI is InChI=1S/C21H29F3N6O/c1-3-16(31-17-9-7-8-15(12-17)21(22,23)24)13-26-20(25-2)27-14-19-29-28-18-10-5-4-6-11-30(18)19/h7-9,12,16H,3-6,10-11,13-14H2,1-2H3,(H2,25,26,27). The first kappa shape index (κ1) is 22.9. The van der Waals surface area contributed by atoms with Gasteiger partial charge in [0.25, 0.3) is 0 Å². The van der Waals surface area contributed by atoms with Crippen molar-refractivity contribution in [3.05, 3.63) is 41.5 Å². The van der Waals surface area contributed by atoms with Gasteiger partial charge in [-0.2, -0.15) is 13.2 Å². The Balaban J connectivity index is 1.53. The fourth-order valence-corrected chi connectivity index (χ4v) is 3.48. The van der Waals surface area contributed by atoms with E-state index in [1.54, 1.807) is 7.05 Å². The molecule has 1 atom stereocenters. The lowest BCUT2D eigenvalue weighted by Gasteiger charge is -2.20. The number of ether oxygens (including phenoxy) is 1. The van der Waals surface area contributed by atoms with Crippen molar-refractivity contribution in [2.75, 3.05) is 13.6 Å². The highest BCUT2D eigenvalue weighted by Gasteiger charge is 2.30. The van der Waals surface area contributed by atoms with E-state index in [0.29, 0.717) is 25.5 Å². The second-order valence-corrected chi connectivity index (χ2v) is 7.48. The summed E-state index contributed by atoms with van der Waals surface area (Å²) in [5, 5.41) is 15.0. The summed E-state index contributed by atoms with van der Waals surface area (Å²) >= 11 is 0. The molecule has 1 aromatic heterocycles. The quantitative estimate of drug-likeness (QED) is 0.511. The maximum absolute atomic E-state index is 12.9. The van der Waals surface area contributed by atoms with Gasteiger partial charge in [0.05, 0.1) is 18.7 Å². The van der Waals surface area contributed by atoms with Crippen LogP contribution in [0.2, 0.25) is 0 Å². The minimum Gasteiger partial charge on any atom is -0.489 e. The third-order valence-corrected chi connectivity index (χ3v) is 5.24. The third kappa shape index (κ3) is 6.35. The maximum Gasteiger partial charge on any atom is 0.416 e. The number of nitrogens with one attached hydrogen (secondary N) is 2. The van der Waals surface area contributed by atoms with E-state index in [9.17, 15) is 13.2 Å². The normalized spacial score (nSPS) is 15.7. The Morgan fingerprint density at radius 1 is 1.23 bits per heavy atom. The van der Waals surface area contributed by atoms with E-state index in [1.807, 2.05) is 6.92 Å². The molecule has 1 aliphatic heterocycles. The fraction of sp³-hybridized carbons (Fsp3) is 0.571. The smallest absolute Gasteiger partial charge is 0.416 e. The molecule has 0 aliphatic carbocycles. The molecule has 2 heterocycles. The van der Waals surface area contributed by atoms with Crippen molar-refractivity contribution in [1.29, 1.82) is 0 Å². The molecule has 0 amide bonds. The molecule has 0 saturated heterocycles. The van der Waals surface area contributed by atoms with Gasteiger partial charge in [-0.3, -0.25) is 4.99 Å². The van der Waals surface area contributed by atoms with E-state index < -0.39 is 11.7 Å². The maximum atomic E-state index is 12.9. The van der Waals surface area contributed by atoms with Crippen LogP contribution < -0.4 is 15.4 Å². The van der Waals surface area contributed by atoms with Gasteiger partial charge in [0.15, 0.2) is 11.8 Å². The molecular weight excluding hydrogens is 409 g/mol. The number of hydrogen-bond acceptors (Lipinski definition) is 4. The van der Waals surface area contributed by atoms with Gasteiger partial charge in [0.2, 0.25) is 0 Å². The molecule has 3 rings (SSSR count). The Bertz CT molecular complexity index is 880. The number of halogens is 3. The highest BCUT2D eigenvalue weighted by molar-refractivity contribution is 5.79. The van der Waals surface area contributed by atoms with Crippen LogP contribution in [0.1, 0.15) is 49.8 Å². The molecule has 0 radical (unpaired) electrons. The summed E-state index contributed by atoms with van der Waals surface area (Å²) in [6.45, 7) is 3.72. The molecule has 0 fully saturated rings. The monoisotopic (exact) mass is 438 g/mol. The minimum atomic E-state index is -4.40. The lowest BCUT2D eigenvalue weighted by molar-refractivity contribution is -0.137. The molecule has 1 aromatic carbocycles. The molecule has 10 heteroatoms. The van der Waals surface area contributed by atoms with Gasteiger partial charge in [0.1, 0.15) is 17.7 Å². The molecule has 1 aliphatic rings. The van der Waals surface area contributed by atoms with E-state index in [-0.39, 0.29) is 11.9 Å². The first-order chi connectivity index (χ1) is 14.9. The van der Waals surface area contributed by atoms with Crippen molar-refractivity contribution >= 4 is 5.96 Å². The second kappa shape index (κ2) is 10.5. The summed E-state index contributed by atoms with van der Waals surface area (Å²) in [5.74, 6) is 2.65. The highest BCUT2D eigenvalue weighted by atomic mass is 19.4. The van der Waals surface area contributed by atoms with Crippen molar-refractivity contribution in [3.8, 4) is 5.75 Å². The Hall–Kier alpha value is -2.78. The van der Waals surface area contributed by atoms with Gasteiger partial charge in [-0.25, -0.2) is 0 Å². The molecule has 2 N–H and O–H groups in total. The molecule has 0 bridgehead atoms. The summed E-state index contributed by atoms with van der Waals surface area (Å²) in [4.78, 5) is 4.21. The summed E-state index contributed by atoms with van der Waals surface area (Å²) in [5.41, 5.74) is -0.724. The predicted octanol–water partition coefficient (Wildman–Crippen LogP) is 3.55. The zero-order valence-corrected chi connectivity index (χ0v) is 17.9. The molecular formula is C21H29F3N6O. The summed E-state index contributed by atoms with van der Waals surface area (Å²) in [7, 11) is 1.66. The molecule has 1 unspecified atom stereocenters. The van der Waals surface area contributed by atoms with E-state index in [4.69, 9.17) is 4.74 Å². The number of rotatable bonds is 7. The van der Waals surface area contributed by atoms with Crippen LogP contribution in [0.3, 0.4) is 0 Å². The van der Waals surface area contributed by atoms with Gasteiger partial charge >= 0.3 is 6.18 Å². The predicted molar refractivity (Wildman–Crippen MR) is 112 cm³/mol. The zero-order valence-electron chi connectivity index (χ0n) is 17.9. The van der Waals surface area contributed by atoms with Crippen LogP contribution in [0.25, 0.3) is 0 Å². The lowest BCUT2D eigenvalue weighted by Crippen LogP contribution is -2.42. The Labute approximate surface area is 180 Å². The molecule has 0 spiro atoms. The largest absolute Gasteiger partial charge is 0.489 e. The number of aliphatic imine (C=N–C) groups is 1. The molecule has 170 valence electrons.